The molecule has 0 saturated carbocycles. The van der Waals surface area contributed by atoms with Crippen molar-refractivity contribution in [3.63, 3.8) is 0 Å². The number of hydrogen-bond acceptors (Lipinski definition) is 3. The normalized spacial score (nSPS) is 23.4. The van der Waals surface area contributed by atoms with E-state index in [1.54, 1.807) is 11.3 Å². The Morgan fingerprint density at radius 3 is 2.60 bits per heavy atom. The highest BCUT2D eigenvalue weighted by molar-refractivity contribution is 7.07. The highest BCUT2D eigenvalue weighted by Crippen LogP contribution is 2.25. The summed E-state index contributed by atoms with van der Waals surface area (Å²) in [7, 11) is -0.261. The van der Waals surface area contributed by atoms with E-state index in [9.17, 15) is 0 Å². The predicted octanol–water partition coefficient (Wildman–Crippen LogP) is 4.95. The van der Waals surface area contributed by atoms with E-state index >= 15 is 0 Å². The van der Waals surface area contributed by atoms with Crippen LogP contribution in [0.1, 0.15) is 52.5 Å². The fourth-order valence-electron chi connectivity index (χ4n) is 2.10. The van der Waals surface area contributed by atoms with E-state index in [1.165, 1.54) is 12.0 Å². The van der Waals surface area contributed by atoms with Gasteiger partial charge in [0.25, 0.3) is 0 Å². The molecule has 1 saturated heterocycles. The number of thiophene rings is 1. The topological polar surface area (TPSA) is 18.5 Å². The quantitative estimate of drug-likeness (QED) is 0.565. The summed E-state index contributed by atoms with van der Waals surface area (Å²) >= 11 is 8.06. The fourth-order valence-corrected chi connectivity index (χ4v) is 3.08. The third kappa shape index (κ3) is 5.76. The summed E-state index contributed by atoms with van der Waals surface area (Å²) in [6, 6.07) is 2.10. The molecule has 0 amide bonds. The van der Waals surface area contributed by atoms with Crippen molar-refractivity contribution in [2.45, 2.75) is 70.9 Å². The molecule has 0 aromatic carbocycles. The molecule has 1 aromatic rings. The monoisotopic (exact) mass is 316 g/mol. The fraction of sp³-hybridized carbons (Fsp3) is 0.733. The number of halogens is 1. The summed E-state index contributed by atoms with van der Waals surface area (Å²) in [4.78, 5) is 0. The molecule has 1 unspecified atom stereocenters. The smallest absolute Gasteiger partial charge is 0.405 e. The minimum Gasteiger partial charge on any atom is -0.405 e. The van der Waals surface area contributed by atoms with Gasteiger partial charge in [-0.3, -0.25) is 0 Å². The first kappa shape index (κ1) is 18.0. The van der Waals surface area contributed by atoms with Crippen LogP contribution in [0.25, 0.3) is 0 Å². The van der Waals surface area contributed by atoms with Gasteiger partial charge in [-0.1, -0.05) is 33.6 Å². The van der Waals surface area contributed by atoms with E-state index in [4.69, 9.17) is 20.9 Å². The molecule has 1 aliphatic heterocycles. The lowest BCUT2D eigenvalue weighted by atomic mass is 9.81. The molecule has 114 valence electrons. The maximum Gasteiger partial charge on any atom is 0.476 e. The average molecular weight is 317 g/mol. The molecule has 0 N–H and O–H groups in total. The molecule has 0 radical (unpaired) electrons. The van der Waals surface area contributed by atoms with E-state index in [0.717, 1.165) is 19.3 Å². The van der Waals surface area contributed by atoms with Gasteiger partial charge < -0.3 is 9.31 Å². The van der Waals surface area contributed by atoms with Crippen molar-refractivity contribution >= 4 is 30.1 Å². The first-order valence-electron chi connectivity index (χ1n) is 7.58. The van der Waals surface area contributed by atoms with Crippen LogP contribution >= 0.6 is 22.9 Å². The molecule has 5 heteroatoms. The van der Waals surface area contributed by atoms with Gasteiger partial charge in [0.2, 0.25) is 0 Å². The zero-order valence-corrected chi connectivity index (χ0v) is 14.5. The van der Waals surface area contributed by atoms with E-state index < -0.39 is 0 Å². The molecule has 0 spiro atoms. The number of alkyl halides is 1. The summed E-state index contributed by atoms with van der Waals surface area (Å²) in [5.41, 5.74) is 1.26. The van der Waals surface area contributed by atoms with Gasteiger partial charge in [-0.05, 0) is 42.2 Å². The Bertz CT molecular complexity index is 348. The predicted molar refractivity (Wildman–Crippen MR) is 89.7 cm³/mol. The van der Waals surface area contributed by atoms with Crippen LogP contribution in [0.2, 0.25) is 0 Å². The van der Waals surface area contributed by atoms with Gasteiger partial charge in [0.15, 0.2) is 0 Å². The number of hydrogen-bond donors (Lipinski definition) is 0. The van der Waals surface area contributed by atoms with Crippen molar-refractivity contribution in [2.24, 2.45) is 0 Å². The standard InChI is InChI=1S/C12H18BClO2S.C3H8/c1-3-4-11-9(2)15-13(16-11)12(14)7-10-5-6-17-8-10;1-3-2/h5-6,8-9,11-12H,3-4,7H2,1-2H3;3H2,1-2H3/t9-,11+,12?;/m1./s1. The zero-order valence-electron chi connectivity index (χ0n) is 13.0. The van der Waals surface area contributed by atoms with Crippen molar-refractivity contribution in [1.29, 1.82) is 0 Å². The zero-order chi connectivity index (χ0) is 15.0. The highest BCUT2D eigenvalue weighted by atomic mass is 35.5. The van der Waals surface area contributed by atoms with Crippen LogP contribution in [0, 0.1) is 0 Å². The van der Waals surface area contributed by atoms with Gasteiger partial charge in [-0.15, -0.1) is 11.6 Å². The molecular formula is C15H26BClO2S. The van der Waals surface area contributed by atoms with Crippen molar-refractivity contribution in [3.8, 4) is 0 Å². The highest BCUT2D eigenvalue weighted by Gasteiger charge is 2.41. The van der Waals surface area contributed by atoms with E-state index in [-0.39, 0.29) is 24.6 Å². The van der Waals surface area contributed by atoms with Gasteiger partial charge in [0.05, 0.1) is 17.5 Å². The minimum atomic E-state index is -0.261. The molecule has 0 aliphatic carbocycles. The second kappa shape index (κ2) is 9.83. The Balaban J connectivity index is 0.000000612. The third-order valence-electron chi connectivity index (χ3n) is 3.06. The molecule has 2 heterocycles. The molecule has 0 bridgehead atoms. The lowest BCUT2D eigenvalue weighted by molar-refractivity contribution is 0.160. The van der Waals surface area contributed by atoms with Crippen LogP contribution in [0.3, 0.4) is 0 Å². The van der Waals surface area contributed by atoms with Gasteiger partial charge in [-0.25, -0.2) is 0 Å². The molecular weight excluding hydrogens is 290 g/mol. The van der Waals surface area contributed by atoms with Gasteiger partial charge >= 0.3 is 7.12 Å². The number of rotatable bonds is 5. The minimum absolute atomic E-state index is 0.103. The van der Waals surface area contributed by atoms with E-state index in [0.29, 0.717) is 0 Å². The van der Waals surface area contributed by atoms with E-state index in [2.05, 4.69) is 44.5 Å². The molecule has 3 atom stereocenters. The SMILES string of the molecule is CCC.CCC[C@@H]1OB(C(Cl)Cc2ccsc2)O[C@@H]1C. The Labute approximate surface area is 133 Å². The Hall–Kier alpha value is -0.0251. The average Bonchev–Trinajstić information content (AvgIpc) is 3.02. The van der Waals surface area contributed by atoms with Crippen LogP contribution in [-0.2, 0) is 15.7 Å². The second-order valence-electron chi connectivity index (χ2n) is 5.23. The molecule has 1 fully saturated rings. The summed E-state index contributed by atoms with van der Waals surface area (Å²) in [5.74, 6) is 0. The van der Waals surface area contributed by atoms with Gasteiger partial charge in [0.1, 0.15) is 0 Å². The molecule has 2 nitrogen and oxygen atoms in total. The molecule has 2 rings (SSSR count). The Kier molecular flexibility index (Phi) is 8.86. The maximum atomic E-state index is 6.36. The van der Waals surface area contributed by atoms with Crippen LogP contribution in [0.5, 0.6) is 0 Å². The first-order valence-corrected chi connectivity index (χ1v) is 8.96. The summed E-state index contributed by atoms with van der Waals surface area (Å²) < 4.78 is 11.7. The lowest BCUT2D eigenvalue weighted by Crippen LogP contribution is -2.30. The van der Waals surface area contributed by atoms with E-state index in [1.807, 2.05) is 0 Å². The Morgan fingerprint density at radius 1 is 1.35 bits per heavy atom. The van der Waals surface area contributed by atoms with Crippen LogP contribution in [0.15, 0.2) is 16.8 Å². The van der Waals surface area contributed by atoms with Crippen molar-refractivity contribution < 1.29 is 9.31 Å². The Morgan fingerprint density at radius 2 is 2.05 bits per heavy atom. The van der Waals surface area contributed by atoms with Crippen LogP contribution < -0.4 is 0 Å². The largest absolute Gasteiger partial charge is 0.476 e. The molecule has 1 aromatic heterocycles. The summed E-state index contributed by atoms with van der Waals surface area (Å²) in [6.07, 6.45) is 4.57. The molecule has 20 heavy (non-hydrogen) atoms. The lowest BCUT2D eigenvalue weighted by Gasteiger charge is -2.12. The van der Waals surface area contributed by atoms with Crippen molar-refractivity contribution in [3.05, 3.63) is 22.4 Å². The first-order chi connectivity index (χ1) is 9.62. The van der Waals surface area contributed by atoms with Crippen molar-refractivity contribution in [2.75, 3.05) is 0 Å². The maximum absolute atomic E-state index is 6.36. The van der Waals surface area contributed by atoms with Gasteiger partial charge in [-0.2, -0.15) is 11.3 Å². The molecule has 1 aliphatic rings. The van der Waals surface area contributed by atoms with Crippen LogP contribution in [0.4, 0.5) is 0 Å². The van der Waals surface area contributed by atoms with Crippen LogP contribution in [-0.4, -0.2) is 24.6 Å². The van der Waals surface area contributed by atoms with Crippen molar-refractivity contribution in [1.82, 2.24) is 0 Å². The summed E-state index contributed by atoms with van der Waals surface area (Å²) in [5, 5.41) is 4.09. The van der Waals surface area contributed by atoms with Gasteiger partial charge in [0, 0.05) is 0 Å². The second-order valence-corrected chi connectivity index (χ2v) is 6.57. The summed E-state index contributed by atoms with van der Waals surface area (Å²) in [6.45, 7) is 8.47. The third-order valence-corrected chi connectivity index (χ3v) is 4.15.